The van der Waals surface area contributed by atoms with E-state index in [1.165, 1.54) is 23.5 Å². The second-order valence-corrected chi connectivity index (χ2v) is 5.69. The molecule has 5 heteroatoms. The Kier molecular flexibility index (Phi) is 4.27. The normalized spacial score (nSPS) is 10.7. The molecule has 0 atom stereocenters. The number of carbonyl (C=O) groups excluding carboxylic acids is 1. The van der Waals surface area contributed by atoms with Crippen LogP contribution >= 0.6 is 11.3 Å². The Balaban J connectivity index is 2.01. The lowest BCUT2D eigenvalue weighted by Gasteiger charge is -2.03. The number of hydrogen-bond donors (Lipinski definition) is 1. The van der Waals surface area contributed by atoms with Crippen LogP contribution in [0.15, 0.2) is 30.5 Å². The summed E-state index contributed by atoms with van der Waals surface area (Å²) in [6.07, 6.45) is 2.43. The third-order valence-electron chi connectivity index (χ3n) is 2.60. The van der Waals surface area contributed by atoms with Gasteiger partial charge in [0.25, 0.3) is 0 Å². The molecule has 2 rings (SSSR count). The number of anilines is 1. The van der Waals surface area contributed by atoms with Crippen molar-refractivity contribution in [1.82, 2.24) is 4.98 Å². The Morgan fingerprint density at radius 2 is 2.05 bits per heavy atom. The molecule has 0 aliphatic carbocycles. The van der Waals surface area contributed by atoms with Gasteiger partial charge < -0.3 is 5.32 Å². The van der Waals surface area contributed by atoms with Crippen LogP contribution in [0.1, 0.15) is 24.3 Å². The first-order valence-electron chi connectivity index (χ1n) is 6.04. The van der Waals surface area contributed by atoms with Crippen molar-refractivity contribution < 1.29 is 9.18 Å². The molecule has 1 N–H and O–H groups in total. The highest BCUT2D eigenvalue weighted by Crippen LogP contribution is 2.21. The van der Waals surface area contributed by atoms with Gasteiger partial charge in [-0.25, -0.2) is 9.37 Å². The molecule has 0 spiro atoms. The number of nitrogens with one attached hydrogen (secondary N) is 1. The molecule has 0 bridgehead atoms. The van der Waals surface area contributed by atoms with Crippen molar-refractivity contribution in [3.8, 4) is 0 Å². The third kappa shape index (κ3) is 3.86. The molecule has 0 fully saturated rings. The quantitative estimate of drug-likeness (QED) is 0.930. The van der Waals surface area contributed by atoms with Crippen LogP contribution in [0.4, 0.5) is 9.52 Å². The summed E-state index contributed by atoms with van der Waals surface area (Å²) < 4.78 is 12.8. The summed E-state index contributed by atoms with van der Waals surface area (Å²) in [4.78, 5) is 16.7. The molecule has 0 radical (unpaired) electrons. The van der Waals surface area contributed by atoms with E-state index in [4.69, 9.17) is 0 Å². The Morgan fingerprint density at radius 3 is 2.68 bits per heavy atom. The molecule has 3 nitrogen and oxygen atoms in total. The molecule has 0 saturated heterocycles. The minimum atomic E-state index is -0.238. The van der Waals surface area contributed by atoms with Crippen LogP contribution in [0.2, 0.25) is 0 Å². The third-order valence-corrected chi connectivity index (χ3v) is 3.51. The fourth-order valence-corrected chi connectivity index (χ4v) is 2.35. The van der Waals surface area contributed by atoms with Gasteiger partial charge in [0.05, 0.1) is 0 Å². The van der Waals surface area contributed by atoms with E-state index in [-0.39, 0.29) is 17.6 Å². The minimum Gasteiger partial charge on any atom is -0.302 e. The lowest BCUT2D eigenvalue weighted by atomic mass is 10.1. The number of amides is 1. The Bertz CT molecular complexity index is 563. The van der Waals surface area contributed by atoms with E-state index >= 15 is 0 Å². The predicted octanol–water partition coefficient (Wildman–Crippen LogP) is 3.47. The second-order valence-electron chi connectivity index (χ2n) is 4.58. The fourth-order valence-electron chi connectivity index (χ4n) is 1.50. The van der Waals surface area contributed by atoms with E-state index in [1.54, 1.807) is 18.3 Å². The molecule has 2 aromatic rings. The highest BCUT2D eigenvalue weighted by molar-refractivity contribution is 7.15. The molecule has 0 aliphatic rings. The molecular formula is C14H15FN2OS. The molecule has 1 heterocycles. The van der Waals surface area contributed by atoms with E-state index in [2.05, 4.69) is 10.3 Å². The van der Waals surface area contributed by atoms with Gasteiger partial charge in [-0.2, -0.15) is 0 Å². The number of carbonyl (C=O) groups is 1. The van der Waals surface area contributed by atoms with Crippen LogP contribution < -0.4 is 5.32 Å². The van der Waals surface area contributed by atoms with Gasteiger partial charge in [-0.05, 0) is 17.7 Å². The lowest BCUT2D eigenvalue weighted by Crippen LogP contribution is -2.17. The summed E-state index contributed by atoms with van der Waals surface area (Å²) in [6, 6.07) is 6.39. The highest BCUT2D eigenvalue weighted by atomic mass is 32.1. The number of benzene rings is 1. The predicted molar refractivity (Wildman–Crippen MR) is 74.8 cm³/mol. The average molecular weight is 278 g/mol. The molecule has 19 heavy (non-hydrogen) atoms. The Hall–Kier alpha value is -1.75. The molecule has 100 valence electrons. The maximum Gasteiger partial charge on any atom is 0.228 e. The number of rotatable bonds is 4. The summed E-state index contributed by atoms with van der Waals surface area (Å²) in [7, 11) is 0. The van der Waals surface area contributed by atoms with Gasteiger partial charge in [0.1, 0.15) is 5.82 Å². The van der Waals surface area contributed by atoms with Crippen molar-refractivity contribution in [3.63, 3.8) is 0 Å². The first kappa shape index (κ1) is 13.7. The van der Waals surface area contributed by atoms with Crippen LogP contribution in [0.3, 0.4) is 0 Å². The highest BCUT2D eigenvalue weighted by Gasteiger charge is 2.10. The standard InChI is InChI=1S/C14H15FN2OS/c1-9(2)13(18)17-14-16-8-12(19-14)7-10-3-5-11(15)6-4-10/h3-6,8-9H,7H2,1-2H3,(H,16,17,18). The molecule has 1 amide bonds. The van der Waals surface area contributed by atoms with Crippen molar-refractivity contribution >= 4 is 22.4 Å². The molecule has 0 unspecified atom stereocenters. The largest absolute Gasteiger partial charge is 0.302 e. The number of thiazole rings is 1. The first-order valence-corrected chi connectivity index (χ1v) is 6.86. The van der Waals surface area contributed by atoms with E-state index in [0.29, 0.717) is 11.6 Å². The molecular weight excluding hydrogens is 263 g/mol. The van der Waals surface area contributed by atoms with E-state index < -0.39 is 0 Å². The zero-order valence-corrected chi connectivity index (χ0v) is 11.6. The van der Waals surface area contributed by atoms with Gasteiger partial charge >= 0.3 is 0 Å². The van der Waals surface area contributed by atoms with Gasteiger partial charge in [-0.15, -0.1) is 11.3 Å². The zero-order valence-electron chi connectivity index (χ0n) is 10.8. The monoisotopic (exact) mass is 278 g/mol. The fraction of sp³-hybridized carbons (Fsp3) is 0.286. The minimum absolute atomic E-state index is 0.0392. The van der Waals surface area contributed by atoms with Gasteiger partial charge in [0.15, 0.2) is 5.13 Å². The van der Waals surface area contributed by atoms with Crippen molar-refractivity contribution in [2.75, 3.05) is 5.32 Å². The van der Waals surface area contributed by atoms with E-state index in [0.717, 1.165) is 10.4 Å². The Labute approximate surface area is 115 Å². The molecule has 1 aromatic carbocycles. The second kappa shape index (κ2) is 5.93. The first-order chi connectivity index (χ1) is 9.04. The molecule has 0 aliphatic heterocycles. The van der Waals surface area contributed by atoms with Gasteiger partial charge in [0.2, 0.25) is 5.91 Å². The van der Waals surface area contributed by atoms with Crippen LogP contribution in [-0.4, -0.2) is 10.9 Å². The number of nitrogens with zero attached hydrogens (tertiary/aromatic N) is 1. The van der Waals surface area contributed by atoms with Crippen molar-refractivity contribution in [1.29, 1.82) is 0 Å². The van der Waals surface area contributed by atoms with Crippen LogP contribution in [-0.2, 0) is 11.2 Å². The topological polar surface area (TPSA) is 42.0 Å². The van der Waals surface area contributed by atoms with E-state index in [9.17, 15) is 9.18 Å². The van der Waals surface area contributed by atoms with Crippen LogP contribution in [0.25, 0.3) is 0 Å². The smallest absolute Gasteiger partial charge is 0.228 e. The Morgan fingerprint density at radius 1 is 1.37 bits per heavy atom. The van der Waals surface area contributed by atoms with E-state index in [1.807, 2.05) is 13.8 Å². The van der Waals surface area contributed by atoms with Crippen molar-refractivity contribution in [2.24, 2.45) is 5.92 Å². The maximum atomic E-state index is 12.8. The molecule has 0 saturated carbocycles. The molecule has 1 aromatic heterocycles. The summed E-state index contributed by atoms with van der Waals surface area (Å²) in [5.74, 6) is -0.343. The van der Waals surface area contributed by atoms with Gasteiger partial charge in [0, 0.05) is 23.4 Å². The van der Waals surface area contributed by atoms with Crippen LogP contribution in [0, 0.1) is 11.7 Å². The van der Waals surface area contributed by atoms with Crippen molar-refractivity contribution in [3.05, 3.63) is 46.7 Å². The number of aromatic nitrogens is 1. The maximum absolute atomic E-state index is 12.8. The zero-order chi connectivity index (χ0) is 13.8. The van der Waals surface area contributed by atoms with Crippen LogP contribution in [0.5, 0.6) is 0 Å². The number of hydrogen-bond acceptors (Lipinski definition) is 3. The number of halogens is 1. The average Bonchev–Trinajstić information content (AvgIpc) is 2.79. The van der Waals surface area contributed by atoms with Crippen molar-refractivity contribution in [2.45, 2.75) is 20.3 Å². The summed E-state index contributed by atoms with van der Waals surface area (Å²) in [5, 5.41) is 3.37. The van der Waals surface area contributed by atoms with Gasteiger partial charge in [-0.1, -0.05) is 26.0 Å². The summed E-state index contributed by atoms with van der Waals surface area (Å²) >= 11 is 1.44. The summed E-state index contributed by atoms with van der Waals surface area (Å²) in [5.41, 5.74) is 1.02. The van der Waals surface area contributed by atoms with Gasteiger partial charge in [-0.3, -0.25) is 4.79 Å². The SMILES string of the molecule is CC(C)C(=O)Nc1ncc(Cc2ccc(F)cc2)s1. The summed E-state index contributed by atoms with van der Waals surface area (Å²) in [6.45, 7) is 3.67. The lowest BCUT2D eigenvalue weighted by molar-refractivity contribution is -0.118.